The van der Waals surface area contributed by atoms with Crippen LogP contribution in [-0.4, -0.2) is 45.4 Å². The van der Waals surface area contributed by atoms with Crippen molar-refractivity contribution in [2.24, 2.45) is 11.1 Å². The lowest BCUT2D eigenvalue weighted by Crippen LogP contribution is -2.46. The van der Waals surface area contributed by atoms with Crippen LogP contribution < -0.4 is 15.4 Å². The van der Waals surface area contributed by atoms with E-state index in [1.165, 1.54) is 35.4 Å². The van der Waals surface area contributed by atoms with Crippen molar-refractivity contribution < 1.29 is 32.0 Å². The lowest BCUT2D eigenvalue weighted by molar-refractivity contribution is -0.150. The fraction of sp³-hybridized carbons (Fsp3) is 0.350. The molecule has 0 saturated carbocycles. The molecule has 2 aromatic rings. The number of fused-ring (bicyclic) bond motifs is 1. The number of benzene rings is 1. The molecule has 2 amide bonds. The SMILES string of the molecule is CC(C)[C@H](NC(=O)c1ccco1)C(=O)OCC(=O)N1CCc2cc(S(N)(=O)=O)ccc21. The summed E-state index contributed by atoms with van der Waals surface area (Å²) in [5.74, 6) is -2.00. The topological polar surface area (TPSA) is 149 Å². The van der Waals surface area contributed by atoms with E-state index < -0.39 is 40.5 Å². The second-order valence-electron chi connectivity index (χ2n) is 7.41. The van der Waals surface area contributed by atoms with Crippen LogP contribution in [0.15, 0.2) is 45.9 Å². The summed E-state index contributed by atoms with van der Waals surface area (Å²) in [6, 6.07) is 6.31. The third-order valence-corrected chi connectivity index (χ3v) is 5.78. The highest BCUT2D eigenvalue weighted by molar-refractivity contribution is 7.89. The van der Waals surface area contributed by atoms with Crippen LogP contribution in [0.1, 0.15) is 30.0 Å². The number of anilines is 1. The first-order chi connectivity index (χ1) is 14.6. The van der Waals surface area contributed by atoms with E-state index in [1.54, 1.807) is 19.9 Å². The highest BCUT2D eigenvalue weighted by Crippen LogP contribution is 2.30. The van der Waals surface area contributed by atoms with Gasteiger partial charge in [0.05, 0.1) is 11.2 Å². The van der Waals surface area contributed by atoms with E-state index in [0.29, 0.717) is 24.2 Å². The van der Waals surface area contributed by atoms with Crippen LogP contribution in [0, 0.1) is 5.92 Å². The number of carbonyl (C=O) groups excluding carboxylic acids is 3. The molecule has 0 aliphatic carbocycles. The fourth-order valence-electron chi connectivity index (χ4n) is 3.23. The van der Waals surface area contributed by atoms with E-state index in [-0.39, 0.29) is 16.6 Å². The van der Waals surface area contributed by atoms with Crippen molar-refractivity contribution in [2.45, 2.75) is 31.2 Å². The van der Waals surface area contributed by atoms with Gasteiger partial charge < -0.3 is 19.4 Å². The number of carbonyl (C=O) groups is 3. The first-order valence-corrected chi connectivity index (χ1v) is 11.1. The average molecular weight is 449 g/mol. The van der Waals surface area contributed by atoms with E-state index in [2.05, 4.69) is 5.32 Å². The predicted molar refractivity (Wildman–Crippen MR) is 110 cm³/mol. The third kappa shape index (κ3) is 5.12. The van der Waals surface area contributed by atoms with E-state index in [4.69, 9.17) is 14.3 Å². The molecule has 3 rings (SSSR count). The molecule has 0 radical (unpaired) electrons. The van der Waals surface area contributed by atoms with Crippen LogP contribution in [0.4, 0.5) is 5.69 Å². The number of primary sulfonamides is 1. The number of nitrogens with zero attached hydrogens (tertiary/aromatic N) is 1. The molecule has 0 bridgehead atoms. The number of ether oxygens (including phenoxy) is 1. The van der Waals surface area contributed by atoms with E-state index in [1.807, 2.05) is 0 Å². The number of furan rings is 1. The molecule has 2 heterocycles. The lowest BCUT2D eigenvalue weighted by atomic mass is 10.0. The van der Waals surface area contributed by atoms with Crippen molar-refractivity contribution in [3.8, 4) is 0 Å². The molecule has 3 N–H and O–H groups in total. The first-order valence-electron chi connectivity index (χ1n) is 9.55. The predicted octanol–water partition coefficient (Wildman–Crippen LogP) is 0.814. The molecular formula is C20H23N3O7S. The number of rotatable bonds is 7. The largest absolute Gasteiger partial charge is 0.459 e. The third-order valence-electron chi connectivity index (χ3n) is 4.87. The number of hydrogen-bond donors (Lipinski definition) is 2. The maximum atomic E-state index is 12.6. The van der Waals surface area contributed by atoms with Gasteiger partial charge >= 0.3 is 5.97 Å². The Balaban J connectivity index is 1.62. The number of amides is 2. The van der Waals surface area contributed by atoms with Crippen molar-refractivity contribution in [2.75, 3.05) is 18.1 Å². The van der Waals surface area contributed by atoms with Gasteiger partial charge in [0.15, 0.2) is 12.4 Å². The summed E-state index contributed by atoms with van der Waals surface area (Å²) in [5.41, 5.74) is 1.21. The second kappa shape index (κ2) is 8.90. The summed E-state index contributed by atoms with van der Waals surface area (Å²) in [6.45, 7) is 3.27. The van der Waals surface area contributed by atoms with Crippen molar-refractivity contribution in [1.82, 2.24) is 5.32 Å². The molecule has 1 aliphatic heterocycles. The Morgan fingerprint density at radius 1 is 1.26 bits per heavy atom. The quantitative estimate of drug-likeness (QED) is 0.594. The average Bonchev–Trinajstić information content (AvgIpc) is 3.38. The molecule has 1 aliphatic rings. The first kappa shape index (κ1) is 22.5. The molecule has 10 nitrogen and oxygen atoms in total. The van der Waals surface area contributed by atoms with E-state index in [9.17, 15) is 22.8 Å². The molecule has 0 fully saturated rings. The summed E-state index contributed by atoms with van der Waals surface area (Å²) in [5, 5.41) is 7.69. The number of hydrogen-bond acceptors (Lipinski definition) is 7. The van der Waals surface area contributed by atoms with Crippen molar-refractivity contribution in [3.05, 3.63) is 47.9 Å². The van der Waals surface area contributed by atoms with Crippen LogP contribution in [0.2, 0.25) is 0 Å². The molecule has 11 heteroatoms. The molecule has 1 atom stereocenters. The van der Waals surface area contributed by atoms with Gasteiger partial charge in [0.1, 0.15) is 6.04 Å². The van der Waals surface area contributed by atoms with Gasteiger partial charge in [0, 0.05) is 12.2 Å². The monoisotopic (exact) mass is 449 g/mol. The standard InChI is InChI=1S/C20H23N3O7S/c1-12(2)18(22-19(25)16-4-3-9-29-16)20(26)30-11-17(24)23-8-7-13-10-14(31(21,27)28)5-6-15(13)23/h3-6,9-10,12,18H,7-8,11H2,1-2H3,(H,22,25)(H2,21,27,28)/t18-/m0/s1. The van der Waals surface area contributed by atoms with Gasteiger partial charge in [-0.15, -0.1) is 0 Å². The Morgan fingerprint density at radius 2 is 2.00 bits per heavy atom. The molecule has 166 valence electrons. The normalized spacial score (nSPS) is 14.3. The fourth-order valence-corrected chi connectivity index (χ4v) is 3.80. The molecule has 1 aromatic carbocycles. The van der Waals surface area contributed by atoms with Crippen LogP contribution in [0.3, 0.4) is 0 Å². The van der Waals surface area contributed by atoms with Gasteiger partial charge in [-0.25, -0.2) is 18.4 Å². The Bertz CT molecular complexity index is 1090. The van der Waals surface area contributed by atoms with Crippen molar-refractivity contribution in [3.63, 3.8) is 0 Å². The smallest absolute Gasteiger partial charge is 0.329 e. The van der Waals surface area contributed by atoms with Gasteiger partial charge in [0.2, 0.25) is 10.0 Å². The van der Waals surface area contributed by atoms with Crippen LogP contribution in [-0.2, 0) is 30.8 Å². The number of nitrogens with one attached hydrogen (secondary N) is 1. The van der Waals surface area contributed by atoms with Crippen LogP contribution in [0.25, 0.3) is 0 Å². The van der Waals surface area contributed by atoms with Crippen LogP contribution >= 0.6 is 0 Å². The number of esters is 1. The van der Waals surface area contributed by atoms with Crippen molar-refractivity contribution in [1.29, 1.82) is 0 Å². The summed E-state index contributed by atoms with van der Waals surface area (Å²) in [7, 11) is -3.84. The van der Waals surface area contributed by atoms with Gasteiger partial charge in [0.25, 0.3) is 11.8 Å². The van der Waals surface area contributed by atoms with E-state index in [0.717, 1.165) is 0 Å². The Morgan fingerprint density at radius 3 is 2.61 bits per heavy atom. The highest BCUT2D eigenvalue weighted by Gasteiger charge is 2.30. The molecule has 0 spiro atoms. The van der Waals surface area contributed by atoms with Crippen molar-refractivity contribution >= 4 is 33.5 Å². The Hall–Kier alpha value is -3.18. The maximum Gasteiger partial charge on any atom is 0.329 e. The minimum absolute atomic E-state index is 0.0287. The van der Waals surface area contributed by atoms with Crippen LogP contribution in [0.5, 0.6) is 0 Å². The number of nitrogens with two attached hydrogens (primary N) is 1. The summed E-state index contributed by atoms with van der Waals surface area (Å²) < 4.78 is 33.2. The summed E-state index contributed by atoms with van der Waals surface area (Å²) >= 11 is 0. The molecule has 31 heavy (non-hydrogen) atoms. The summed E-state index contributed by atoms with van der Waals surface area (Å²) in [4.78, 5) is 38.6. The zero-order valence-electron chi connectivity index (χ0n) is 17.0. The Labute approximate surface area is 179 Å². The minimum atomic E-state index is -3.84. The van der Waals surface area contributed by atoms with Gasteiger partial charge in [-0.05, 0) is 48.2 Å². The number of sulfonamides is 1. The zero-order valence-corrected chi connectivity index (χ0v) is 17.8. The molecule has 0 saturated heterocycles. The van der Waals surface area contributed by atoms with E-state index >= 15 is 0 Å². The maximum absolute atomic E-state index is 12.6. The second-order valence-corrected chi connectivity index (χ2v) is 8.97. The van der Waals surface area contributed by atoms with Gasteiger partial charge in [-0.3, -0.25) is 9.59 Å². The molecule has 0 unspecified atom stereocenters. The lowest BCUT2D eigenvalue weighted by Gasteiger charge is -2.22. The summed E-state index contributed by atoms with van der Waals surface area (Å²) in [6.07, 6.45) is 1.79. The minimum Gasteiger partial charge on any atom is -0.459 e. The highest BCUT2D eigenvalue weighted by atomic mass is 32.2. The Kier molecular flexibility index (Phi) is 6.46. The van der Waals surface area contributed by atoms with Gasteiger partial charge in [-0.2, -0.15) is 0 Å². The molecule has 1 aromatic heterocycles. The van der Waals surface area contributed by atoms with Gasteiger partial charge in [-0.1, -0.05) is 13.8 Å². The molecular weight excluding hydrogens is 426 g/mol. The zero-order chi connectivity index (χ0) is 22.8.